The smallest absolute Gasteiger partial charge is 0.239 e. The van der Waals surface area contributed by atoms with Gasteiger partial charge in [0.15, 0.2) is 23.5 Å². The standard InChI is InChI=1S/C28H32O16/c1-9-18(32)21(35)23(37)27(41-9)40-8-16-19(33)22(36)24(38)28(43-16)44-26-20(34)17-13(31)6-11(29)7-15(17)42-25(26)10-3-4-12(30)14(5-10)39-2/h3-7,9,16,18-19,21-24,27-33,35-38H,8H2,1-2H3/t9-,16-,18+,19-,21-,22+,23-,24+,27-,28+/m1/s1. The molecule has 0 amide bonds. The van der Waals surface area contributed by atoms with E-state index >= 15 is 0 Å². The predicted molar refractivity (Wildman–Crippen MR) is 145 cm³/mol. The van der Waals surface area contributed by atoms with E-state index in [0.717, 1.165) is 12.1 Å². The van der Waals surface area contributed by atoms with Crippen molar-refractivity contribution in [3.63, 3.8) is 0 Å². The van der Waals surface area contributed by atoms with E-state index in [0.29, 0.717) is 0 Å². The zero-order valence-electron chi connectivity index (χ0n) is 23.3. The molecule has 16 heteroatoms. The second kappa shape index (κ2) is 12.4. The largest absolute Gasteiger partial charge is 0.508 e. The first kappa shape index (κ1) is 31.7. The molecule has 0 spiro atoms. The van der Waals surface area contributed by atoms with Gasteiger partial charge in [-0.1, -0.05) is 0 Å². The van der Waals surface area contributed by atoms with Crippen molar-refractivity contribution in [2.45, 2.75) is 68.3 Å². The minimum absolute atomic E-state index is 0.0151. The molecule has 44 heavy (non-hydrogen) atoms. The third-order valence-corrected chi connectivity index (χ3v) is 7.50. The molecule has 2 saturated heterocycles. The van der Waals surface area contributed by atoms with Gasteiger partial charge in [-0.3, -0.25) is 4.79 Å². The van der Waals surface area contributed by atoms with Crippen LogP contribution in [0.25, 0.3) is 22.3 Å². The monoisotopic (exact) mass is 624 g/mol. The molecule has 2 aliphatic heterocycles. The molecule has 240 valence electrons. The van der Waals surface area contributed by atoms with Crippen molar-refractivity contribution in [1.82, 2.24) is 0 Å². The normalized spacial score (nSPS) is 32.5. The summed E-state index contributed by atoms with van der Waals surface area (Å²) in [5.41, 5.74) is -1.11. The van der Waals surface area contributed by atoms with Crippen LogP contribution in [0, 0.1) is 0 Å². The summed E-state index contributed by atoms with van der Waals surface area (Å²) in [6, 6.07) is 5.83. The van der Waals surface area contributed by atoms with Crippen LogP contribution in [0.2, 0.25) is 0 Å². The van der Waals surface area contributed by atoms with Gasteiger partial charge in [0.25, 0.3) is 0 Å². The number of rotatable bonds is 7. The lowest BCUT2D eigenvalue weighted by Crippen LogP contribution is -2.61. The van der Waals surface area contributed by atoms with Crippen molar-refractivity contribution in [1.29, 1.82) is 0 Å². The number of hydrogen-bond acceptors (Lipinski definition) is 16. The van der Waals surface area contributed by atoms with Gasteiger partial charge < -0.3 is 74.1 Å². The molecule has 2 aromatic carbocycles. The van der Waals surface area contributed by atoms with Crippen LogP contribution in [0.4, 0.5) is 0 Å². The molecule has 0 bridgehead atoms. The number of fused-ring (bicyclic) bond motifs is 1. The van der Waals surface area contributed by atoms with Crippen LogP contribution in [-0.4, -0.2) is 121 Å². The number of aliphatic hydroxyl groups is 6. The molecular weight excluding hydrogens is 592 g/mol. The Balaban J connectivity index is 1.49. The Morgan fingerprint density at radius 1 is 0.795 bits per heavy atom. The zero-order chi connectivity index (χ0) is 32.0. The Labute approximate surface area is 248 Å². The fourth-order valence-electron chi connectivity index (χ4n) is 4.99. The zero-order valence-corrected chi connectivity index (χ0v) is 23.3. The molecular formula is C28H32O16. The van der Waals surface area contributed by atoms with Crippen LogP contribution in [0.15, 0.2) is 39.5 Å². The van der Waals surface area contributed by atoms with E-state index in [2.05, 4.69) is 0 Å². The average Bonchev–Trinajstić information content (AvgIpc) is 2.98. The lowest BCUT2D eigenvalue weighted by molar-refractivity contribution is -0.318. The molecule has 9 N–H and O–H groups in total. The van der Waals surface area contributed by atoms with Crippen molar-refractivity contribution in [3.05, 3.63) is 40.6 Å². The molecule has 3 aromatic rings. The van der Waals surface area contributed by atoms with E-state index in [1.165, 1.54) is 32.2 Å². The molecule has 0 radical (unpaired) electrons. The maximum atomic E-state index is 13.7. The van der Waals surface area contributed by atoms with Crippen molar-refractivity contribution in [2.24, 2.45) is 0 Å². The summed E-state index contributed by atoms with van der Waals surface area (Å²) in [7, 11) is 1.28. The van der Waals surface area contributed by atoms with Gasteiger partial charge in [0, 0.05) is 17.7 Å². The molecule has 0 saturated carbocycles. The Morgan fingerprint density at radius 2 is 1.48 bits per heavy atom. The molecule has 0 unspecified atom stereocenters. The van der Waals surface area contributed by atoms with Crippen molar-refractivity contribution < 1.29 is 74.1 Å². The molecule has 10 atom stereocenters. The van der Waals surface area contributed by atoms with Crippen molar-refractivity contribution in [3.8, 4) is 40.1 Å². The van der Waals surface area contributed by atoms with Gasteiger partial charge in [-0.05, 0) is 25.1 Å². The molecule has 2 aliphatic rings. The summed E-state index contributed by atoms with van der Waals surface area (Å²) in [4.78, 5) is 13.7. The molecule has 1 aromatic heterocycles. The lowest BCUT2D eigenvalue weighted by atomic mass is 9.98. The highest BCUT2D eigenvalue weighted by Gasteiger charge is 2.47. The number of hydrogen-bond donors (Lipinski definition) is 9. The minimum atomic E-state index is -1.94. The van der Waals surface area contributed by atoms with Crippen LogP contribution in [0.1, 0.15) is 6.92 Å². The van der Waals surface area contributed by atoms with E-state index in [1.807, 2.05) is 0 Å². The molecule has 0 aliphatic carbocycles. The topological polar surface area (TPSA) is 258 Å². The number of benzene rings is 2. The Kier molecular flexibility index (Phi) is 8.90. The highest BCUT2D eigenvalue weighted by molar-refractivity contribution is 5.88. The third-order valence-electron chi connectivity index (χ3n) is 7.50. The highest BCUT2D eigenvalue weighted by Crippen LogP contribution is 2.39. The van der Waals surface area contributed by atoms with Crippen LogP contribution in [-0.2, 0) is 14.2 Å². The third kappa shape index (κ3) is 5.74. The second-order valence-electron chi connectivity index (χ2n) is 10.5. The maximum Gasteiger partial charge on any atom is 0.239 e. The number of aliphatic hydroxyl groups excluding tert-OH is 6. The lowest BCUT2D eigenvalue weighted by Gasteiger charge is -2.42. The van der Waals surface area contributed by atoms with Crippen LogP contribution >= 0.6 is 0 Å². The molecule has 2 fully saturated rings. The first-order chi connectivity index (χ1) is 20.8. The fourth-order valence-corrected chi connectivity index (χ4v) is 4.99. The van der Waals surface area contributed by atoms with Crippen LogP contribution in [0.5, 0.6) is 28.7 Å². The van der Waals surface area contributed by atoms with E-state index in [4.69, 9.17) is 28.1 Å². The molecule has 5 rings (SSSR count). The SMILES string of the molecule is COc1cc(-c2oc3cc(O)cc(O)c3c(=O)c2O[C@@H]2O[C@H](CO[C@@H]3O[C@H](C)[C@H](O)[C@@H](O)[C@H]3O)[C@@H](O)[C@H](O)[C@@H]2O)ccc1O. The minimum Gasteiger partial charge on any atom is -0.508 e. The quantitative estimate of drug-likeness (QED) is 0.147. The van der Waals surface area contributed by atoms with Gasteiger partial charge in [0.05, 0.1) is 19.8 Å². The number of phenols is 3. The van der Waals surface area contributed by atoms with E-state index < -0.39 is 96.1 Å². The van der Waals surface area contributed by atoms with Gasteiger partial charge in [0.2, 0.25) is 17.5 Å². The van der Waals surface area contributed by atoms with Gasteiger partial charge in [-0.25, -0.2) is 0 Å². The summed E-state index contributed by atoms with van der Waals surface area (Å²) in [5, 5.41) is 92.1. The number of aromatic hydroxyl groups is 3. The second-order valence-corrected chi connectivity index (χ2v) is 10.5. The van der Waals surface area contributed by atoms with Crippen LogP contribution < -0.4 is 14.9 Å². The fraction of sp³-hybridized carbons (Fsp3) is 0.464. The summed E-state index contributed by atoms with van der Waals surface area (Å²) < 4.78 is 33.2. The maximum absolute atomic E-state index is 13.7. The van der Waals surface area contributed by atoms with E-state index in [9.17, 15) is 50.8 Å². The number of ether oxygens (including phenoxy) is 5. The molecule has 16 nitrogen and oxygen atoms in total. The van der Waals surface area contributed by atoms with Gasteiger partial charge in [-0.15, -0.1) is 0 Å². The number of phenolic OH excluding ortho intramolecular Hbond substituents is 3. The summed E-state index contributed by atoms with van der Waals surface area (Å²) >= 11 is 0. The predicted octanol–water partition coefficient (Wildman–Crippen LogP) is -1.38. The summed E-state index contributed by atoms with van der Waals surface area (Å²) in [6.45, 7) is 0.845. The van der Waals surface area contributed by atoms with Crippen LogP contribution in [0.3, 0.4) is 0 Å². The Morgan fingerprint density at radius 3 is 2.18 bits per heavy atom. The van der Waals surface area contributed by atoms with E-state index in [-0.39, 0.29) is 28.4 Å². The Bertz CT molecular complexity index is 1560. The average molecular weight is 625 g/mol. The summed E-state index contributed by atoms with van der Waals surface area (Å²) in [6.07, 6.45) is -16.0. The first-order valence-electron chi connectivity index (χ1n) is 13.4. The van der Waals surface area contributed by atoms with Gasteiger partial charge >= 0.3 is 0 Å². The van der Waals surface area contributed by atoms with Gasteiger partial charge in [0.1, 0.15) is 65.2 Å². The van der Waals surface area contributed by atoms with Crippen molar-refractivity contribution in [2.75, 3.05) is 13.7 Å². The van der Waals surface area contributed by atoms with E-state index in [1.54, 1.807) is 0 Å². The van der Waals surface area contributed by atoms with Crippen molar-refractivity contribution >= 4 is 11.0 Å². The summed E-state index contributed by atoms with van der Waals surface area (Å²) in [5.74, 6) is -2.28. The molecule has 3 heterocycles. The van der Waals surface area contributed by atoms with Gasteiger partial charge in [-0.2, -0.15) is 0 Å². The number of methoxy groups -OCH3 is 1. The Hall–Kier alpha value is -3.71. The first-order valence-corrected chi connectivity index (χ1v) is 13.4. The highest BCUT2D eigenvalue weighted by atomic mass is 16.7.